The number of allylic oxidation sites excluding steroid dienone is 6. The summed E-state index contributed by atoms with van der Waals surface area (Å²) < 4.78 is 0. The van der Waals surface area contributed by atoms with E-state index in [1.165, 1.54) is 72.6 Å². The van der Waals surface area contributed by atoms with Crippen molar-refractivity contribution in [2.24, 2.45) is 5.92 Å². The Morgan fingerprint density at radius 3 is 2.27 bits per heavy atom. The van der Waals surface area contributed by atoms with Crippen molar-refractivity contribution < 1.29 is 0 Å². The summed E-state index contributed by atoms with van der Waals surface area (Å²) in [6, 6.07) is 45.2. The first-order valence-electron chi connectivity index (χ1n) is 17.4. The van der Waals surface area contributed by atoms with Crippen LogP contribution in [0.2, 0.25) is 0 Å². The lowest BCUT2D eigenvalue weighted by atomic mass is 9.83. The maximum Gasteiger partial charge on any atom is 0.123 e. The Morgan fingerprint density at radius 2 is 1.40 bits per heavy atom. The number of hydrogen-bond donors (Lipinski definition) is 1. The maximum absolute atomic E-state index is 4.02. The van der Waals surface area contributed by atoms with Crippen LogP contribution in [0.25, 0.3) is 27.6 Å². The minimum Gasteiger partial charge on any atom is -0.365 e. The Labute approximate surface area is 282 Å². The number of benzene rings is 5. The largest absolute Gasteiger partial charge is 0.365 e. The molecule has 0 saturated heterocycles. The van der Waals surface area contributed by atoms with E-state index < -0.39 is 0 Å². The molecular formula is C45H37N3. The smallest absolute Gasteiger partial charge is 0.123 e. The molecule has 0 saturated carbocycles. The van der Waals surface area contributed by atoms with Crippen LogP contribution in [0.15, 0.2) is 163 Å². The average Bonchev–Trinajstić information content (AvgIpc) is 3.44. The summed E-state index contributed by atoms with van der Waals surface area (Å²) in [6.45, 7) is 0. The normalized spacial score (nSPS) is 22.3. The van der Waals surface area contributed by atoms with Crippen molar-refractivity contribution in [2.45, 2.75) is 37.9 Å². The topological polar surface area (TPSA) is 18.5 Å². The van der Waals surface area contributed by atoms with E-state index in [0.29, 0.717) is 12.0 Å². The zero-order chi connectivity index (χ0) is 31.6. The Morgan fingerprint density at radius 1 is 0.646 bits per heavy atom. The summed E-state index contributed by atoms with van der Waals surface area (Å²) in [6.07, 6.45) is 16.3. The minimum atomic E-state index is -0.00966. The fourth-order valence-corrected chi connectivity index (χ4v) is 8.81. The van der Waals surface area contributed by atoms with Gasteiger partial charge in [0, 0.05) is 34.5 Å². The molecule has 5 aliphatic rings. The summed E-state index contributed by atoms with van der Waals surface area (Å²) in [5.41, 5.74) is 14.6. The fourth-order valence-electron chi connectivity index (χ4n) is 8.81. The lowest BCUT2D eigenvalue weighted by Crippen LogP contribution is -2.44. The summed E-state index contributed by atoms with van der Waals surface area (Å²) in [5.74, 6) is 0.318. The van der Waals surface area contributed by atoms with Crippen LogP contribution in [-0.2, 0) is 0 Å². The van der Waals surface area contributed by atoms with E-state index in [2.05, 4.69) is 167 Å². The molecule has 0 aromatic heterocycles. The molecule has 10 rings (SSSR count). The van der Waals surface area contributed by atoms with Gasteiger partial charge in [-0.15, -0.1) is 0 Å². The van der Waals surface area contributed by atoms with Crippen LogP contribution in [0.3, 0.4) is 0 Å². The van der Waals surface area contributed by atoms with Crippen LogP contribution in [0.1, 0.15) is 42.4 Å². The number of nitrogens with zero attached hydrogens (tertiary/aromatic N) is 2. The lowest BCUT2D eigenvalue weighted by Gasteiger charge is -2.39. The van der Waals surface area contributed by atoms with Gasteiger partial charge in [0.15, 0.2) is 0 Å². The molecule has 3 unspecified atom stereocenters. The van der Waals surface area contributed by atoms with Crippen LogP contribution < -0.4 is 15.1 Å². The van der Waals surface area contributed by atoms with Gasteiger partial charge in [0.25, 0.3) is 0 Å². The van der Waals surface area contributed by atoms with Crippen molar-refractivity contribution >= 4 is 44.7 Å². The van der Waals surface area contributed by atoms with Gasteiger partial charge in [-0.25, -0.2) is 0 Å². The van der Waals surface area contributed by atoms with Gasteiger partial charge in [-0.3, -0.25) is 0 Å². The molecule has 5 aromatic carbocycles. The van der Waals surface area contributed by atoms with E-state index >= 15 is 0 Å². The molecule has 232 valence electrons. The zero-order valence-corrected chi connectivity index (χ0v) is 26.9. The first-order chi connectivity index (χ1) is 23.8. The first kappa shape index (κ1) is 27.6. The van der Waals surface area contributed by atoms with Crippen molar-refractivity contribution in [3.63, 3.8) is 0 Å². The van der Waals surface area contributed by atoms with E-state index in [4.69, 9.17) is 0 Å². The first-order valence-corrected chi connectivity index (χ1v) is 17.4. The van der Waals surface area contributed by atoms with Gasteiger partial charge in [-0.05, 0) is 95.2 Å². The molecule has 0 fully saturated rings. The number of para-hydroxylation sites is 2. The molecule has 3 heteroatoms. The van der Waals surface area contributed by atoms with Gasteiger partial charge in [-0.1, -0.05) is 115 Å². The molecular weight excluding hydrogens is 583 g/mol. The third-order valence-electron chi connectivity index (χ3n) is 11.0. The van der Waals surface area contributed by atoms with E-state index in [-0.39, 0.29) is 6.17 Å². The van der Waals surface area contributed by atoms with Crippen LogP contribution in [-0.4, -0.2) is 12.2 Å². The molecule has 48 heavy (non-hydrogen) atoms. The molecule has 0 amide bonds. The van der Waals surface area contributed by atoms with Crippen LogP contribution >= 0.6 is 0 Å². The number of nitrogens with one attached hydrogen (secondary N) is 1. The molecule has 1 N–H and O–H groups in total. The Bertz CT molecular complexity index is 2250. The molecule has 3 heterocycles. The molecule has 0 spiro atoms. The van der Waals surface area contributed by atoms with Crippen molar-refractivity contribution in [1.29, 1.82) is 0 Å². The highest BCUT2D eigenvalue weighted by Crippen LogP contribution is 2.56. The number of rotatable bonds is 3. The minimum absolute atomic E-state index is 0.00966. The van der Waals surface area contributed by atoms with E-state index in [1.807, 2.05) is 0 Å². The Kier molecular flexibility index (Phi) is 6.33. The van der Waals surface area contributed by atoms with Gasteiger partial charge < -0.3 is 15.1 Å². The quantitative estimate of drug-likeness (QED) is 0.203. The lowest BCUT2D eigenvalue weighted by molar-refractivity contribution is 0.544. The van der Waals surface area contributed by atoms with Crippen molar-refractivity contribution in [1.82, 2.24) is 5.32 Å². The van der Waals surface area contributed by atoms with E-state index in [1.54, 1.807) is 0 Å². The predicted octanol–water partition coefficient (Wildman–Crippen LogP) is 10.6. The average molecular weight is 620 g/mol. The van der Waals surface area contributed by atoms with Gasteiger partial charge in [0.2, 0.25) is 0 Å². The van der Waals surface area contributed by atoms with Crippen LogP contribution in [0.5, 0.6) is 0 Å². The summed E-state index contributed by atoms with van der Waals surface area (Å²) >= 11 is 0. The molecule has 2 aliphatic carbocycles. The predicted molar refractivity (Wildman–Crippen MR) is 201 cm³/mol. The van der Waals surface area contributed by atoms with Gasteiger partial charge in [0.1, 0.15) is 6.17 Å². The molecule has 3 nitrogen and oxygen atoms in total. The second-order valence-electron chi connectivity index (χ2n) is 13.6. The van der Waals surface area contributed by atoms with Crippen molar-refractivity contribution in [3.8, 4) is 0 Å². The maximum atomic E-state index is 4.02. The standard InChI is InChI=1S/C45H37N3/c1-2-12-30(13-3-1)33-23-26-39-34(28-33)24-27-43(46-39)48-41-20-10-7-17-37(41)44-36-16-6-9-19-40(36)47(45(44)38-18-8-11-21-42(38)48)35-25-22-31-14-4-5-15-32(31)29-35/h1-8,10-18,20-22,24-25,27-29,36,40,43,46H,9,19,23,26H2. The molecule has 3 aliphatic heterocycles. The SMILES string of the molecule is C1=CC2C3=C(c4ccccc4N(C4C=CC5=C(CCC(c6ccccc6)=C5)N4)c4ccccc43)N(c3ccc4ccccc4c3)C2CC1. The van der Waals surface area contributed by atoms with Gasteiger partial charge >= 0.3 is 0 Å². The highest BCUT2D eigenvalue weighted by molar-refractivity contribution is 6.10. The van der Waals surface area contributed by atoms with Crippen molar-refractivity contribution in [3.05, 3.63) is 180 Å². The Hall–Kier alpha value is -5.54. The number of anilines is 3. The van der Waals surface area contributed by atoms with E-state index in [0.717, 1.165) is 25.7 Å². The van der Waals surface area contributed by atoms with E-state index in [9.17, 15) is 0 Å². The third kappa shape index (κ3) is 4.27. The van der Waals surface area contributed by atoms with Crippen molar-refractivity contribution in [2.75, 3.05) is 9.80 Å². The summed E-state index contributed by atoms with van der Waals surface area (Å²) in [4.78, 5) is 5.25. The molecule has 0 bridgehead atoms. The Balaban J connectivity index is 1.12. The second-order valence-corrected chi connectivity index (χ2v) is 13.6. The monoisotopic (exact) mass is 619 g/mol. The fraction of sp³-hybridized carbons (Fsp3) is 0.156. The number of fused-ring (bicyclic) bond motifs is 7. The third-order valence-corrected chi connectivity index (χ3v) is 11.0. The molecule has 3 atom stereocenters. The molecule has 5 aromatic rings. The highest BCUT2D eigenvalue weighted by atomic mass is 15.3. The van der Waals surface area contributed by atoms with Gasteiger partial charge in [0.05, 0.1) is 17.1 Å². The van der Waals surface area contributed by atoms with Gasteiger partial charge in [-0.2, -0.15) is 0 Å². The zero-order valence-electron chi connectivity index (χ0n) is 26.9. The number of hydrogen-bond acceptors (Lipinski definition) is 3. The summed E-state index contributed by atoms with van der Waals surface area (Å²) in [7, 11) is 0. The number of dihydropyridines is 1. The second kappa shape index (κ2) is 11.0. The van der Waals surface area contributed by atoms with Crippen LogP contribution in [0, 0.1) is 5.92 Å². The summed E-state index contributed by atoms with van der Waals surface area (Å²) in [5, 5.41) is 6.59. The van der Waals surface area contributed by atoms with Crippen LogP contribution in [0.4, 0.5) is 17.1 Å². The molecule has 0 radical (unpaired) electrons. The highest BCUT2D eigenvalue weighted by Gasteiger charge is 2.45.